The summed E-state index contributed by atoms with van der Waals surface area (Å²) in [5, 5.41) is 0. The zero-order valence-corrected chi connectivity index (χ0v) is 20.5. The van der Waals surface area contributed by atoms with Crippen LogP contribution in [0.15, 0.2) is 59.5 Å². The van der Waals surface area contributed by atoms with Crippen molar-refractivity contribution in [3.63, 3.8) is 0 Å². The van der Waals surface area contributed by atoms with Gasteiger partial charge in [0.15, 0.2) is 12.4 Å². The summed E-state index contributed by atoms with van der Waals surface area (Å²) >= 11 is 0. The van der Waals surface area contributed by atoms with Gasteiger partial charge in [0.25, 0.3) is 5.91 Å². The van der Waals surface area contributed by atoms with Crippen LogP contribution >= 0.6 is 0 Å². The Kier molecular flexibility index (Phi) is 8.22. The van der Waals surface area contributed by atoms with Crippen molar-refractivity contribution >= 4 is 33.4 Å². The normalized spacial score (nSPS) is 16.8. The van der Waals surface area contributed by atoms with Crippen LogP contribution in [0.5, 0.6) is 0 Å². The standard InChI is InChI=1S/C25H30N2O6S/c1-18(2)27(21-9-5-4-6-10-21)24(29)17-33-25(30)23-11-7-8-16-26(23)34(31,32)22-14-12-20(13-15-22)19(3)28/h4-6,9-10,12-15,18,23H,7-8,11,16-17H2,1-3H3. The van der Waals surface area contributed by atoms with Gasteiger partial charge in [0.05, 0.1) is 4.90 Å². The third-order valence-electron chi connectivity index (χ3n) is 5.75. The molecule has 0 aliphatic carbocycles. The molecule has 2 aromatic carbocycles. The van der Waals surface area contributed by atoms with E-state index in [4.69, 9.17) is 4.74 Å². The summed E-state index contributed by atoms with van der Waals surface area (Å²) in [7, 11) is -3.98. The van der Waals surface area contributed by atoms with Gasteiger partial charge >= 0.3 is 5.97 Å². The lowest BCUT2D eigenvalue weighted by Crippen LogP contribution is -2.49. The van der Waals surface area contributed by atoms with Crippen LogP contribution < -0.4 is 4.90 Å². The van der Waals surface area contributed by atoms with Crippen LogP contribution in [-0.2, 0) is 24.3 Å². The molecule has 0 bridgehead atoms. The fourth-order valence-corrected chi connectivity index (χ4v) is 5.69. The van der Waals surface area contributed by atoms with Crippen molar-refractivity contribution in [3.8, 4) is 0 Å². The maximum atomic E-state index is 13.3. The number of benzene rings is 2. The van der Waals surface area contributed by atoms with Crippen molar-refractivity contribution in [1.29, 1.82) is 0 Å². The highest BCUT2D eigenvalue weighted by Crippen LogP contribution is 2.27. The predicted octanol–water partition coefficient (Wildman–Crippen LogP) is 3.42. The Labute approximate surface area is 200 Å². The molecule has 0 spiro atoms. The Balaban J connectivity index is 1.73. The van der Waals surface area contributed by atoms with Gasteiger partial charge in [-0.2, -0.15) is 4.31 Å². The van der Waals surface area contributed by atoms with Crippen molar-refractivity contribution in [3.05, 3.63) is 60.2 Å². The van der Waals surface area contributed by atoms with Crippen LogP contribution in [0.3, 0.4) is 0 Å². The maximum Gasteiger partial charge on any atom is 0.324 e. The molecule has 8 nitrogen and oxygen atoms in total. The summed E-state index contributed by atoms with van der Waals surface area (Å²) in [4.78, 5) is 38.8. The molecule has 1 fully saturated rings. The summed E-state index contributed by atoms with van der Waals surface area (Å²) in [6.07, 6.45) is 1.60. The number of piperidine rings is 1. The second kappa shape index (κ2) is 10.9. The summed E-state index contributed by atoms with van der Waals surface area (Å²) in [6.45, 7) is 4.81. The summed E-state index contributed by atoms with van der Waals surface area (Å²) < 4.78 is 33.0. The minimum absolute atomic E-state index is 0.00309. The van der Waals surface area contributed by atoms with Crippen molar-refractivity contribution in [2.45, 2.75) is 57.0 Å². The minimum Gasteiger partial charge on any atom is -0.454 e. The van der Waals surface area contributed by atoms with Crippen LogP contribution in [0, 0.1) is 0 Å². The zero-order chi connectivity index (χ0) is 24.9. The molecule has 0 radical (unpaired) electrons. The third-order valence-corrected chi connectivity index (χ3v) is 7.67. The number of ketones is 1. The van der Waals surface area contributed by atoms with Gasteiger partial charge in [-0.25, -0.2) is 8.42 Å². The second-order valence-electron chi connectivity index (χ2n) is 8.51. The molecule has 2 aromatic rings. The van der Waals surface area contributed by atoms with Crippen LogP contribution in [0.4, 0.5) is 5.69 Å². The largest absolute Gasteiger partial charge is 0.454 e. The Bertz CT molecular complexity index is 1130. The van der Waals surface area contributed by atoms with E-state index in [1.807, 2.05) is 32.0 Å². The topological polar surface area (TPSA) is 101 Å². The number of hydrogen-bond donors (Lipinski definition) is 0. The number of carbonyl (C=O) groups is 3. The molecule has 1 amide bonds. The van der Waals surface area contributed by atoms with E-state index >= 15 is 0 Å². The lowest BCUT2D eigenvalue weighted by atomic mass is 10.1. The van der Waals surface area contributed by atoms with E-state index < -0.39 is 28.6 Å². The smallest absolute Gasteiger partial charge is 0.324 e. The van der Waals surface area contributed by atoms with Crippen LogP contribution in [-0.4, -0.2) is 55.6 Å². The van der Waals surface area contributed by atoms with Crippen molar-refractivity contribution in [2.75, 3.05) is 18.1 Å². The number of ether oxygens (including phenoxy) is 1. The first kappa shape index (κ1) is 25.6. The first-order valence-electron chi connectivity index (χ1n) is 11.3. The van der Waals surface area contributed by atoms with Crippen LogP contribution in [0.1, 0.15) is 50.4 Å². The molecule has 0 saturated carbocycles. The van der Waals surface area contributed by atoms with Crippen molar-refractivity contribution < 1.29 is 27.5 Å². The Morgan fingerprint density at radius 3 is 2.26 bits per heavy atom. The molecular weight excluding hydrogens is 456 g/mol. The van der Waals surface area contributed by atoms with Crippen LogP contribution in [0.2, 0.25) is 0 Å². The fraction of sp³-hybridized carbons (Fsp3) is 0.400. The molecule has 1 aliphatic heterocycles. The highest BCUT2D eigenvalue weighted by molar-refractivity contribution is 7.89. The van der Waals surface area contributed by atoms with Gasteiger partial charge < -0.3 is 9.64 Å². The number of anilines is 1. The predicted molar refractivity (Wildman–Crippen MR) is 128 cm³/mol. The zero-order valence-electron chi connectivity index (χ0n) is 19.6. The number of esters is 1. The number of rotatable bonds is 8. The summed E-state index contributed by atoms with van der Waals surface area (Å²) in [5.41, 5.74) is 1.09. The monoisotopic (exact) mass is 486 g/mol. The molecule has 34 heavy (non-hydrogen) atoms. The van der Waals surface area contributed by atoms with Gasteiger partial charge in [-0.3, -0.25) is 14.4 Å². The average Bonchev–Trinajstić information content (AvgIpc) is 2.83. The summed E-state index contributed by atoms with van der Waals surface area (Å²) in [6, 6.07) is 13.6. The van der Waals surface area contributed by atoms with Gasteiger partial charge in [0, 0.05) is 23.8 Å². The molecular formula is C25H30N2O6S. The number of nitrogens with zero attached hydrogens (tertiary/aromatic N) is 2. The molecule has 0 N–H and O–H groups in total. The average molecular weight is 487 g/mol. The molecule has 1 atom stereocenters. The Morgan fingerprint density at radius 2 is 1.68 bits per heavy atom. The second-order valence-corrected chi connectivity index (χ2v) is 10.4. The highest BCUT2D eigenvalue weighted by Gasteiger charge is 2.39. The summed E-state index contributed by atoms with van der Waals surface area (Å²) in [5.74, 6) is -1.30. The Morgan fingerprint density at radius 1 is 1.03 bits per heavy atom. The number of Topliss-reactive ketones (excluding diaryl/α,β-unsaturated/α-hetero) is 1. The number of para-hydroxylation sites is 1. The Hall–Kier alpha value is -3.04. The van der Waals surface area contributed by atoms with E-state index in [1.54, 1.807) is 17.0 Å². The van der Waals surface area contributed by atoms with Gasteiger partial charge in [-0.15, -0.1) is 0 Å². The molecule has 182 valence electrons. The SMILES string of the molecule is CC(=O)c1ccc(S(=O)(=O)N2CCCCC2C(=O)OCC(=O)N(c2ccccc2)C(C)C)cc1. The quantitative estimate of drug-likeness (QED) is 0.419. The van der Waals surface area contributed by atoms with Crippen LogP contribution in [0.25, 0.3) is 0 Å². The number of sulfonamides is 1. The lowest BCUT2D eigenvalue weighted by Gasteiger charge is -2.33. The van der Waals surface area contributed by atoms with Crippen molar-refractivity contribution in [2.24, 2.45) is 0 Å². The number of hydrogen-bond acceptors (Lipinski definition) is 6. The number of amides is 1. The minimum atomic E-state index is -3.98. The van der Waals surface area contributed by atoms with Gasteiger partial charge in [0.2, 0.25) is 10.0 Å². The molecule has 1 saturated heterocycles. The van der Waals surface area contributed by atoms with E-state index in [0.29, 0.717) is 30.5 Å². The molecule has 1 aliphatic rings. The third kappa shape index (κ3) is 5.71. The van der Waals surface area contributed by atoms with E-state index in [9.17, 15) is 22.8 Å². The van der Waals surface area contributed by atoms with E-state index in [-0.39, 0.29) is 29.2 Å². The van der Waals surface area contributed by atoms with E-state index in [0.717, 1.165) is 4.31 Å². The van der Waals surface area contributed by atoms with E-state index in [1.165, 1.54) is 31.2 Å². The first-order chi connectivity index (χ1) is 16.1. The molecule has 0 aromatic heterocycles. The fourth-order valence-electron chi connectivity index (χ4n) is 4.04. The van der Waals surface area contributed by atoms with Crippen molar-refractivity contribution in [1.82, 2.24) is 4.31 Å². The molecule has 3 rings (SSSR count). The molecule has 9 heteroatoms. The number of carbonyl (C=O) groups excluding carboxylic acids is 3. The van der Waals surface area contributed by atoms with Gasteiger partial charge in [-0.05, 0) is 64.3 Å². The molecule has 1 unspecified atom stereocenters. The first-order valence-corrected chi connectivity index (χ1v) is 12.7. The van der Waals surface area contributed by atoms with Gasteiger partial charge in [-0.1, -0.05) is 30.3 Å². The van der Waals surface area contributed by atoms with E-state index in [2.05, 4.69) is 0 Å². The highest BCUT2D eigenvalue weighted by atomic mass is 32.2. The maximum absolute atomic E-state index is 13.3. The molecule has 1 heterocycles. The lowest BCUT2D eigenvalue weighted by molar-refractivity contribution is -0.152. The van der Waals surface area contributed by atoms with Gasteiger partial charge in [0.1, 0.15) is 6.04 Å².